The minimum atomic E-state index is -0.403. The van der Waals surface area contributed by atoms with E-state index >= 15 is 0 Å². The van der Waals surface area contributed by atoms with E-state index < -0.39 is 5.82 Å². The molecule has 4 aromatic rings. The van der Waals surface area contributed by atoms with Crippen LogP contribution in [0, 0.1) is 12.7 Å². The Bertz CT molecular complexity index is 1340. The monoisotopic (exact) mass is 461 g/mol. The second-order valence-electron chi connectivity index (χ2n) is 7.71. The molecule has 1 N–H and O–H groups in total. The number of thioether (sulfide) groups is 1. The van der Waals surface area contributed by atoms with Crippen LogP contribution < -0.4 is 10.9 Å². The largest absolute Gasteiger partial charge is 0.355 e. The first-order valence-electron chi connectivity index (χ1n) is 10.7. The third kappa shape index (κ3) is 5.49. The maximum absolute atomic E-state index is 14.2. The fourth-order valence-corrected chi connectivity index (χ4v) is 4.35. The molecule has 5 nitrogen and oxygen atoms in total. The zero-order chi connectivity index (χ0) is 23.2. The standard InChI is InChI=1S/C26H24FN3O2S/c1-18-13-14-20(16-22(18)27)30-25(32)21-11-5-6-12-23(21)29-26(30)33-17-24(31)28-15-7-10-19-8-3-2-4-9-19/h2-6,8-9,11-14,16H,7,10,15,17H2,1H3,(H,28,31). The molecule has 3 aromatic carbocycles. The van der Waals surface area contributed by atoms with Gasteiger partial charge in [-0.2, -0.15) is 0 Å². The maximum Gasteiger partial charge on any atom is 0.266 e. The van der Waals surface area contributed by atoms with Crippen LogP contribution in [0.3, 0.4) is 0 Å². The van der Waals surface area contributed by atoms with Crippen LogP contribution in [0.25, 0.3) is 16.6 Å². The van der Waals surface area contributed by atoms with Gasteiger partial charge in [-0.1, -0.05) is 60.3 Å². The molecule has 0 unspecified atom stereocenters. The summed E-state index contributed by atoms with van der Waals surface area (Å²) < 4.78 is 15.6. The first-order chi connectivity index (χ1) is 16.0. The highest BCUT2D eigenvalue weighted by Crippen LogP contribution is 2.22. The van der Waals surface area contributed by atoms with Crippen LogP contribution in [0.5, 0.6) is 0 Å². The molecule has 1 heterocycles. The van der Waals surface area contributed by atoms with Gasteiger partial charge in [0.1, 0.15) is 5.82 Å². The number of hydrogen-bond donors (Lipinski definition) is 1. The van der Waals surface area contributed by atoms with Gasteiger partial charge in [-0.15, -0.1) is 0 Å². The molecule has 1 amide bonds. The summed E-state index contributed by atoms with van der Waals surface area (Å²) in [6.07, 6.45) is 1.72. The number of fused-ring (bicyclic) bond motifs is 1. The van der Waals surface area contributed by atoms with E-state index in [9.17, 15) is 14.0 Å². The van der Waals surface area contributed by atoms with Crippen molar-refractivity contribution in [2.75, 3.05) is 12.3 Å². The lowest BCUT2D eigenvalue weighted by atomic mass is 10.1. The van der Waals surface area contributed by atoms with Crippen LogP contribution in [0.4, 0.5) is 4.39 Å². The van der Waals surface area contributed by atoms with Crippen molar-refractivity contribution < 1.29 is 9.18 Å². The first-order valence-corrected chi connectivity index (χ1v) is 11.7. The molecule has 168 valence electrons. The number of aromatic nitrogens is 2. The van der Waals surface area contributed by atoms with Crippen molar-refractivity contribution in [3.8, 4) is 5.69 Å². The predicted molar refractivity (Wildman–Crippen MR) is 131 cm³/mol. The molecular formula is C26H24FN3O2S. The average Bonchev–Trinajstić information content (AvgIpc) is 2.83. The van der Waals surface area contributed by atoms with Gasteiger partial charge in [0, 0.05) is 6.54 Å². The van der Waals surface area contributed by atoms with Crippen LogP contribution in [0.2, 0.25) is 0 Å². The van der Waals surface area contributed by atoms with E-state index in [1.807, 2.05) is 18.2 Å². The van der Waals surface area contributed by atoms with Gasteiger partial charge in [0.2, 0.25) is 5.91 Å². The molecule has 1 aromatic heterocycles. The number of amides is 1. The summed E-state index contributed by atoms with van der Waals surface area (Å²) in [5.74, 6) is -0.443. The summed E-state index contributed by atoms with van der Waals surface area (Å²) in [5, 5.41) is 3.70. The summed E-state index contributed by atoms with van der Waals surface area (Å²) in [5.41, 5.74) is 2.35. The predicted octanol–water partition coefficient (Wildman–Crippen LogP) is 4.67. The van der Waals surface area contributed by atoms with E-state index in [0.717, 1.165) is 24.6 Å². The molecule has 0 spiro atoms. The Morgan fingerprint density at radius 1 is 1.06 bits per heavy atom. The third-order valence-electron chi connectivity index (χ3n) is 5.30. The van der Waals surface area contributed by atoms with Crippen molar-refractivity contribution in [1.29, 1.82) is 0 Å². The highest BCUT2D eigenvalue weighted by Gasteiger charge is 2.15. The SMILES string of the molecule is Cc1ccc(-n2c(SCC(=O)NCCCc3ccccc3)nc3ccccc3c2=O)cc1F. The fourth-order valence-electron chi connectivity index (χ4n) is 3.50. The number of carbonyl (C=O) groups is 1. The number of para-hydroxylation sites is 1. The summed E-state index contributed by atoms with van der Waals surface area (Å²) in [6.45, 7) is 2.23. The normalized spacial score (nSPS) is 11.0. The number of carbonyl (C=O) groups excluding carboxylic acids is 1. The van der Waals surface area contributed by atoms with Crippen LogP contribution >= 0.6 is 11.8 Å². The number of nitrogens with one attached hydrogen (secondary N) is 1. The first kappa shape index (κ1) is 22.7. The van der Waals surface area contributed by atoms with Gasteiger partial charge in [0.25, 0.3) is 5.56 Å². The lowest BCUT2D eigenvalue weighted by Crippen LogP contribution is -2.27. The average molecular weight is 462 g/mol. The van der Waals surface area contributed by atoms with Crippen molar-refractivity contribution in [2.24, 2.45) is 0 Å². The van der Waals surface area contributed by atoms with Gasteiger partial charge in [0.15, 0.2) is 5.16 Å². The molecule has 0 aliphatic heterocycles. The molecule has 0 fully saturated rings. The van der Waals surface area contributed by atoms with Gasteiger partial charge < -0.3 is 5.32 Å². The van der Waals surface area contributed by atoms with Gasteiger partial charge in [-0.05, 0) is 55.2 Å². The highest BCUT2D eigenvalue weighted by atomic mass is 32.2. The second-order valence-corrected chi connectivity index (χ2v) is 8.66. The van der Waals surface area contributed by atoms with Gasteiger partial charge in [0.05, 0.1) is 22.3 Å². The number of aryl methyl sites for hydroxylation is 2. The summed E-state index contributed by atoms with van der Waals surface area (Å²) >= 11 is 1.16. The molecule has 0 aliphatic rings. The minimum absolute atomic E-state index is 0.102. The third-order valence-corrected chi connectivity index (χ3v) is 6.24. The molecule has 0 atom stereocenters. The Morgan fingerprint density at radius 2 is 1.82 bits per heavy atom. The van der Waals surface area contributed by atoms with E-state index in [2.05, 4.69) is 22.4 Å². The Labute approximate surface area is 195 Å². The highest BCUT2D eigenvalue weighted by molar-refractivity contribution is 7.99. The minimum Gasteiger partial charge on any atom is -0.355 e. The van der Waals surface area contributed by atoms with E-state index in [-0.39, 0.29) is 17.2 Å². The Kier molecular flexibility index (Phi) is 7.19. The van der Waals surface area contributed by atoms with Crippen molar-refractivity contribution in [1.82, 2.24) is 14.9 Å². The van der Waals surface area contributed by atoms with Crippen molar-refractivity contribution in [2.45, 2.75) is 24.9 Å². The lowest BCUT2D eigenvalue weighted by Gasteiger charge is -2.14. The number of halogens is 1. The van der Waals surface area contributed by atoms with Crippen molar-refractivity contribution >= 4 is 28.6 Å². The smallest absolute Gasteiger partial charge is 0.266 e. The van der Waals surface area contributed by atoms with Crippen molar-refractivity contribution in [3.05, 3.63) is 100 Å². The van der Waals surface area contributed by atoms with Gasteiger partial charge in [-0.25, -0.2) is 9.37 Å². The molecule has 0 saturated heterocycles. The topological polar surface area (TPSA) is 64.0 Å². The lowest BCUT2D eigenvalue weighted by molar-refractivity contribution is -0.118. The van der Waals surface area contributed by atoms with Gasteiger partial charge in [-0.3, -0.25) is 14.2 Å². The van der Waals surface area contributed by atoms with E-state index in [0.29, 0.717) is 33.9 Å². The van der Waals surface area contributed by atoms with Crippen LogP contribution in [0.1, 0.15) is 17.5 Å². The zero-order valence-electron chi connectivity index (χ0n) is 18.3. The van der Waals surface area contributed by atoms with Crippen LogP contribution in [-0.2, 0) is 11.2 Å². The van der Waals surface area contributed by atoms with E-state index in [4.69, 9.17) is 0 Å². The Hall–Kier alpha value is -3.45. The fraction of sp³-hybridized carbons (Fsp3) is 0.192. The number of hydrogen-bond acceptors (Lipinski definition) is 4. The van der Waals surface area contributed by atoms with E-state index in [1.54, 1.807) is 43.3 Å². The summed E-state index contributed by atoms with van der Waals surface area (Å²) in [6, 6.07) is 21.8. The van der Waals surface area contributed by atoms with Crippen LogP contribution in [-0.4, -0.2) is 27.8 Å². The molecule has 7 heteroatoms. The zero-order valence-corrected chi connectivity index (χ0v) is 19.1. The second kappa shape index (κ2) is 10.4. The van der Waals surface area contributed by atoms with Crippen LogP contribution in [0.15, 0.2) is 82.7 Å². The molecule has 0 saturated carbocycles. The quantitative estimate of drug-likeness (QED) is 0.235. The molecule has 0 radical (unpaired) electrons. The number of rotatable bonds is 8. The molecule has 0 aliphatic carbocycles. The Balaban J connectivity index is 1.50. The molecule has 33 heavy (non-hydrogen) atoms. The maximum atomic E-state index is 14.2. The van der Waals surface area contributed by atoms with E-state index in [1.165, 1.54) is 16.2 Å². The summed E-state index contributed by atoms with van der Waals surface area (Å²) in [4.78, 5) is 30.2. The number of benzene rings is 3. The molecular weight excluding hydrogens is 437 g/mol. The molecule has 0 bridgehead atoms. The van der Waals surface area contributed by atoms with Gasteiger partial charge >= 0.3 is 0 Å². The van der Waals surface area contributed by atoms with Crippen molar-refractivity contribution in [3.63, 3.8) is 0 Å². The molecule has 4 rings (SSSR count). The Morgan fingerprint density at radius 3 is 2.61 bits per heavy atom. The number of nitrogens with zero attached hydrogens (tertiary/aromatic N) is 2. The summed E-state index contributed by atoms with van der Waals surface area (Å²) in [7, 11) is 0.